The maximum atomic E-state index is 13.5. The van der Waals surface area contributed by atoms with Crippen molar-refractivity contribution in [3.63, 3.8) is 0 Å². The van der Waals surface area contributed by atoms with E-state index in [0.29, 0.717) is 24.4 Å². The van der Waals surface area contributed by atoms with Crippen LogP contribution in [-0.4, -0.2) is 48.3 Å². The second-order valence-electron chi connectivity index (χ2n) is 7.65. The monoisotopic (exact) mass is 488 g/mol. The minimum atomic E-state index is -4.75. The number of anilines is 1. The fourth-order valence-electron chi connectivity index (χ4n) is 4.27. The van der Waals surface area contributed by atoms with Gasteiger partial charge in [-0.3, -0.25) is 4.90 Å². The van der Waals surface area contributed by atoms with Crippen LogP contribution in [-0.2, 0) is 12.8 Å². The van der Waals surface area contributed by atoms with Crippen LogP contribution in [0.5, 0.6) is 5.75 Å². The first-order valence-corrected chi connectivity index (χ1v) is 10.4. The van der Waals surface area contributed by atoms with Gasteiger partial charge in [-0.05, 0) is 42.3 Å². The van der Waals surface area contributed by atoms with E-state index in [1.165, 1.54) is 6.07 Å². The number of nitrogens with zero attached hydrogens (tertiary/aromatic N) is 2. The topological polar surface area (TPSA) is 35.9 Å². The maximum Gasteiger partial charge on any atom is 0.419 e. The van der Waals surface area contributed by atoms with Crippen LogP contribution in [0, 0.1) is 5.82 Å². The molecule has 0 aliphatic carbocycles. The van der Waals surface area contributed by atoms with Crippen molar-refractivity contribution in [2.24, 2.45) is 0 Å². The summed E-state index contributed by atoms with van der Waals surface area (Å²) in [5.41, 5.74) is -0.163. The highest BCUT2D eigenvalue weighted by Crippen LogP contribution is 2.43. The zero-order valence-electron chi connectivity index (χ0n) is 16.0. The Labute approximate surface area is 180 Å². The number of hydrogen-bond donors (Lipinski definition) is 1. The zero-order valence-corrected chi connectivity index (χ0v) is 17.6. The average molecular weight is 489 g/mol. The summed E-state index contributed by atoms with van der Waals surface area (Å²) in [6, 6.07) is 9.06. The summed E-state index contributed by atoms with van der Waals surface area (Å²) >= 11 is 3.48. The van der Waals surface area contributed by atoms with Crippen LogP contribution in [0.4, 0.5) is 23.2 Å². The SMILES string of the molecule is OCCN1CC2CC(C1)N2c1cc(Br)ccc1OCc1ccc(F)c(C(F)(F)F)c1. The van der Waals surface area contributed by atoms with Crippen molar-refractivity contribution in [2.75, 3.05) is 31.1 Å². The quantitative estimate of drug-likeness (QED) is 0.609. The molecule has 3 aliphatic heterocycles. The van der Waals surface area contributed by atoms with Gasteiger partial charge in [0.25, 0.3) is 0 Å². The molecular formula is C21H21BrF4N2O2. The molecule has 3 aliphatic rings. The summed E-state index contributed by atoms with van der Waals surface area (Å²) in [4.78, 5) is 4.50. The highest BCUT2D eigenvalue weighted by atomic mass is 79.9. The van der Waals surface area contributed by atoms with E-state index in [9.17, 15) is 22.7 Å². The standard InChI is InChI=1S/C21H21BrF4N2O2/c22-14-2-4-20(30-12-13-1-3-18(23)17(7-13)21(24,25)26)19(8-14)28-15-9-16(28)11-27(10-15)5-6-29/h1-4,7-8,15-16,29H,5-6,9-12H2. The minimum Gasteiger partial charge on any atom is -0.487 e. The fourth-order valence-corrected chi connectivity index (χ4v) is 4.62. The van der Waals surface area contributed by atoms with Crippen LogP contribution in [0.25, 0.3) is 0 Å². The van der Waals surface area contributed by atoms with Gasteiger partial charge in [0.05, 0.1) is 17.9 Å². The summed E-state index contributed by atoms with van der Waals surface area (Å²) < 4.78 is 59.2. The number of hydrogen-bond acceptors (Lipinski definition) is 4. The molecule has 4 nitrogen and oxygen atoms in total. The molecule has 2 aromatic rings. The molecule has 0 spiro atoms. The van der Waals surface area contributed by atoms with Crippen LogP contribution in [0.1, 0.15) is 17.5 Å². The minimum absolute atomic E-state index is 0.0994. The van der Waals surface area contributed by atoms with E-state index in [1.54, 1.807) is 6.07 Å². The van der Waals surface area contributed by atoms with Gasteiger partial charge in [0.1, 0.15) is 18.2 Å². The Bertz CT molecular complexity index is 912. The van der Waals surface area contributed by atoms with Crippen molar-refractivity contribution in [3.05, 3.63) is 57.8 Å². The normalized spacial score (nSPS) is 21.5. The first kappa shape index (κ1) is 21.4. The number of benzene rings is 2. The highest BCUT2D eigenvalue weighted by Gasteiger charge is 2.45. The first-order valence-electron chi connectivity index (χ1n) is 9.66. The Morgan fingerprint density at radius 2 is 1.83 bits per heavy atom. The molecule has 162 valence electrons. The van der Waals surface area contributed by atoms with Crippen molar-refractivity contribution in [1.82, 2.24) is 4.90 Å². The molecule has 5 rings (SSSR count). The van der Waals surface area contributed by atoms with Crippen molar-refractivity contribution in [2.45, 2.75) is 31.3 Å². The van der Waals surface area contributed by atoms with Crippen molar-refractivity contribution >= 4 is 21.6 Å². The molecule has 0 radical (unpaired) electrons. The lowest BCUT2D eigenvalue weighted by atomic mass is 9.86. The predicted octanol–water partition coefficient (Wildman–Crippen LogP) is 4.44. The van der Waals surface area contributed by atoms with Gasteiger partial charge < -0.3 is 14.7 Å². The van der Waals surface area contributed by atoms with Crippen molar-refractivity contribution in [3.8, 4) is 5.75 Å². The van der Waals surface area contributed by atoms with E-state index in [0.717, 1.165) is 41.8 Å². The summed E-state index contributed by atoms with van der Waals surface area (Å²) in [5, 5.41) is 9.17. The van der Waals surface area contributed by atoms with E-state index < -0.39 is 17.6 Å². The van der Waals surface area contributed by atoms with Crippen LogP contribution in [0.3, 0.4) is 0 Å². The number of piperazine rings is 1. The molecule has 3 fully saturated rings. The van der Waals surface area contributed by atoms with Crippen LogP contribution in [0.15, 0.2) is 40.9 Å². The molecule has 3 heterocycles. The molecule has 2 bridgehead atoms. The third kappa shape index (κ3) is 4.29. The van der Waals surface area contributed by atoms with Gasteiger partial charge in [0.2, 0.25) is 0 Å². The van der Waals surface area contributed by atoms with E-state index in [2.05, 4.69) is 25.7 Å². The predicted molar refractivity (Wildman–Crippen MR) is 108 cm³/mol. The summed E-state index contributed by atoms with van der Waals surface area (Å²) in [6.45, 7) is 2.36. The van der Waals surface area contributed by atoms with Crippen LogP contribution < -0.4 is 9.64 Å². The Morgan fingerprint density at radius 3 is 2.50 bits per heavy atom. The molecule has 0 aromatic heterocycles. The van der Waals surface area contributed by atoms with Gasteiger partial charge in [0, 0.05) is 36.2 Å². The lowest BCUT2D eigenvalue weighted by Gasteiger charge is -2.57. The highest BCUT2D eigenvalue weighted by molar-refractivity contribution is 9.10. The van der Waals surface area contributed by atoms with Crippen molar-refractivity contribution in [1.29, 1.82) is 0 Å². The molecule has 30 heavy (non-hydrogen) atoms. The van der Waals surface area contributed by atoms with Crippen molar-refractivity contribution < 1.29 is 27.4 Å². The molecular weight excluding hydrogens is 468 g/mol. The van der Waals surface area contributed by atoms with Gasteiger partial charge in [-0.1, -0.05) is 22.0 Å². The molecule has 2 atom stereocenters. The molecule has 2 aromatic carbocycles. The Morgan fingerprint density at radius 1 is 1.10 bits per heavy atom. The summed E-state index contributed by atoms with van der Waals surface area (Å²) in [5.74, 6) is -0.724. The van der Waals surface area contributed by atoms with E-state index in [4.69, 9.17) is 4.74 Å². The van der Waals surface area contributed by atoms with E-state index in [1.807, 2.05) is 12.1 Å². The van der Waals surface area contributed by atoms with Gasteiger partial charge in [-0.2, -0.15) is 13.2 Å². The van der Waals surface area contributed by atoms with Gasteiger partial charge in [0.15, 0.2) is 0 Å². The number of ether oxygens (including phenoxy) is 1. The van der Waals surface area contributed by atoms with E-state index in [-0.39, 0.29) is 18.8 Å². The number of aliphatic hydroxyl groups is 1. The van der Waals surface area contributed by atoms with E-state index >= 15 is 0 Å². The number of rotatable bonds is 6. The number of piperidine rings is 1. The maximum absolute atomic E-state index is 13.5. The number of halogens is 5. The summed E-state index contributed by atoms with van der Waals surface area (Å²) in [6.07, 6.45) is -3.70. The molecule has 3 saturated heterocycles. The molecule has 0 amide bonds. The number of aliphatic hydroxyl groups excluding tert-OH is 1. The van der Waals surface area contributed by atoms with Gasteiger partial charge >= 0.3 is 6.18 Å². The van der Waals surface area contributed by atoms with Crippen LogP contribution in [0.2, 0.25) is 0 Å². The molecule has 0 saturated carbocycles. The molecule has 1 N–H and O–H groups in total. The van der Waals surface area contributed by atoms with Crippen LogP contribution >= 0.6 is 15.9 Å². The number of fused-ring (bicyclic) bond motifs is 2. The largest absolute Gasteiger partial charge is 0.487 e. The zero-order chi connectivity index (χ0) is 21.5. The van der Waals surface area contributed by atoms with Gasteiger partial charge in [-0.15, -0.1) is 0 Å². The second-order valence-corrected chi connectivity index (χ2v) is 8.56. The molecule has 2 unspecified atom stereocenters. The Balaban J connectivity index is 1.52. The first-order chi connectivity index (χ1) is 14.3. The second kappa shape index (κ2) is 8.36. The number of alkyl halides is 3. The Hall–Kier alpha value is -1.84. The Kier molecular flexibility index (Phi) is 5.96. The molecule has 9 heteroatoms. The average Bonchev–Trinajstić information content (AvgIpc) is 2.68. The third-order valence-electron chi connectivity index (χ3n) is 5.61. The third-order valence-corrected chi connectivity index (χ3v) is 6.11. The van der Waals surface area contributed by atoms with Gasteiger partial charge in [-0.25, -0.2) is 4.39 Å². The summed E-state index contributed by atoms with van der Waals surface area (Å²) in [7, 11) is 0. The smallest absolute Gasteiger partial charge is 0.419 e. The lowest BCUT2D eigenvalue weighted by molar-refractivity contribution is -0.140. The lowest BCUT2D eigenvalue weighted by Crippen LogP contribution is -2.69. The fraction of sp³-hybridized carbons (Fsp3) is 0.429.